The van der Waals surface area contributed by atoms with Gasteiger partial charge in [-0.15, -0.1) is 30.6 Å². The summed E-state index contributed by atoms with van der Waals surface area (Å²) in [6.07, 6.45) is 6.84. The third-order valence-electron chi connectivity index (χ3n) is 4.76. The van der Waals surface area contributed by atoms with Crippen molar-refractivity contribution < 1.29 is 0 Å². The number of unbranched alkanes of at least 4 members (excludes halogenated alkanes) is 3. The van der Waals surface area contributed by atoms with Crippen molar-refractivity contribution in [1.29, 1.82) is 0 Å². The molecule has 1 N–H and O–H groups in total. The molecule has 148 valence electrons. The SMILES string of the molecule is C=CCCCCCN(C)C(=NCC(C)N1CCN(C)CC1)NCC.I. The lowest BCUT2D eigenvalue weighted by Crippen LogP contribution is -2.49. The van der Waals surface area contributed by atoms with Crippen molar-refractivity contribution in [2.45, 2.75) is 45.6 Å². The Morgan fingerprint density at radius 3 is 2.52 bits per heavy atom. The Bertz CT molecular complexity index is 367. The maximum atomic E-state index is 4.88. The minimum absolute atomic E-state index is 0. The highest BCUT2D eigenvalue weighted by Crippen LogP contribution is 2.06. The first kappa shape index (κ1) is 24.7. The minimum atomic E-state index is 0. The van der Waals surface area contributed by atoms with Crippen molar-refractivity contribution in [3.63, 3.8) is 0 Å². The van der Waals surface area contributed by atoms with E-state index >= 15 is 0 Å². The smallest absolute Gasteiger partial charge is 0.193 e. The number of nitrogens with one attached hydrogen (secondary N) is 1. The molecule has 0 saturated carbocycles. The largest absolute Gasteiger partial charge is 0.357 e. The number of guanidine groups is 1. The van der Waals surface area contributed by atoms with Gasteiger partial charge in [0.05, 0.1) is 6.54 Å². The molecule has 1 aliphatic rings. The maximum Gasteiger partial charge on any atom is 0.193 e. The third kappa shape index (κ3) is 10.4. The molecule has 1 heterocycles. The average molecular weight is 465 g/mol. The first-order valence-electron chi connectivity index (χ1n) is 9.61. The molecule has 6 heteroatoms. The van der Waals surface area contributed by atoms with Crippen molar-refractivity contribution in [2.24, 2.45) is 4.99 Å². The van der Waals surface area contributed by atoms with Crippen molar-refractivity contribution in [3.8, 4) is 0 Å². The fourth-order valence-corrected chi connectivity index (χ4v) is 2.99. The summed E-state index contributed by atoms with van der Waals surface area (Å²) in [5.41, 5.74) is 0. The highest BCUT2D eigenvalue weighted by molar-refractivity contribution is 14.0. The molecule has 0 aliphatic carbocycles. The second kappa shape index (κ2) is 14.8. The van der Waals surface area contributed by atoms with Gasteiger partial charge >= 0.3 is 0 Å². The van der Waals surface area contributed by atoms with Crippen LogP contribution in [0, 0.1) is 0 Å². The van der Waals surface area contributed by atoms with Gasteiger partial charge in [-0.1, -0.05) is 12.5 Å². The molecule has 0 spiro atoms. The van der Waals surface area contributed by atoms with E-state index in [1.165, 1.54) is 32.4 Å². The molecule has 25 heavy (non-hydrogen) atoms. The van der Waals surface area contributed by atoms with Crippen LogP contribution in [0.5, 0.6) is 0 Å². The molecule has 1 saturated heterocycles. The predicted molar refractivity (Wildman–Crippen MR) is 121 cm³/mol. The summed E-state index contributed by atoms with van der Waals surface area (Å²) in [5.74, 6) is 1.04. The van der Waals surface area contributed by atoms with E-state index in [9.17, 15) is 0 Å². The van der Waals surface area contributed by atoms with E-state index in [-0.39, 0.29) is 24.0 Å². The van der Waals surface area contributed by atoms with E-state index in [4.69, 9.17) is 4.99 Å². The quantitative estimate of drug-likeness (QED) is 0.177. The molecule has 0 bridgehead atoms. The number of halogens is 1. The summed E-state index contributed by atoms with van der Waals surface area (Å²) in [5, 5.41) is 3.43. The molecule has 1 aliphatic heterocycles. The van der Waals surface area contributed by atoms with Crippen LogP contribution in [0.1, 0.15) is 39.5 Å². The molecule has 0 aromatic rings. The van der Waals surface area contributed by atoms with Gasteiger partial charge in [0.25, 0.3) is 0 Å². The summed E-state index contributed by atoms with van der Waals surface area (Å²) in [7, 11) is 4.35. The predicted octanol–water partition coefficient (Wildman–Crippen LogP) is 2.88. The maximum absolute atomic E-state index is 4.88. The summed E-state index contributed by atoms with van der Waals surface area (Å²) < 4.78 is 0. The highest BCUT2D eigenvalue weighted by atomic mass is 127. The number of likely N-dealkylation sites (N-methyl/N-ethyl adjacent to an activating group) is 1. The number of nitrogens with zero attached hydrogens (tertiary/aromatic N) is 4. The van der Waals surface area contributed by atoms with E-state index in [0.29, 0.717) is 6.04 Å². The lowest BCUT2D eigenvalue weighted by molar-refractivity contribution is 0.122. The molecular formula is C19H40IN5. The molecule has 0 aromatic heterocycles. The zero-order chi connectivity index (χ0) is 17.8. The van der Waals surface area contributed by atoms with Crippen LogP contribution in [0.2, 0.25) is 0 Å². The van der Waals surface area contributed by atoms with Gasteiger partial charge in [0, 0.05) is 52.4 Å². The van der Waals surface area contributed by atoms with Crippen molar-refractivity contribution in [3.05, 3.63) is 12.7 Å². The van der Waals surface area contributed by atoms with Crippen molar-refractivity contribution in [1.82, 2.24) is 20.0 Å². The molecule has 0 amide bonds. The van der Waals surface area contributed by atoms with Crippen LogP contribution in [-0.4, -0.2) is 86.6 Å². The van der Waals surface area contributed by atoms with E-state index in [1.54, 1.807) is 0 Å². The lowest BCUT2D eigenvalue weighted by Gasteiger charge is -2.36. The molecule has 1 atom stereocenters. The normalized spacial score (nSPS) is 17.7. The average Bonchev–Trinajstić information content (AvgIpc) is 2.58. The van der Waals surface area contributed by atoms with Crippen LogP contribution < -0.4 is 5.32 Å². The summed E-state index contributed by atoms with van der Waals surface area (Å²) in [4.78, 5) is 12.1. The number of hydrogen-bond acceptors (Lipinski definition) is 3. The van der Waals surface area contributed by atoms with Gasteiger partial charge in [-0.25, -0.2) is 0 Å². The van der Waals surface area contributed by atoms with E-state index < -0.39 is 0 Å². The molecule has 1 rings (SSSR count). The Labute approximate surface area is 172 Å². The Balaban J connectivity index is 0.00000576. The van der Waals surface area contributed by atoms with Crippen LogP contribution in [0.4, 0.5) is 0 Å². The fraction of sp³-hybridized carbons (Fsp3) is 0.842. The standard InChI is InChI=1S/C19H39N5.HI/c1-6-8-9-10-11-12-23(5)19(20-7-2)21-17-18(3)24-15-13-22(4)14-16-24;/h6,18H,1,7-17H2,2-5H3,(H,20,21);1H. The fourth-order valence-electron chi connectivity index (χ4n) is 2.99. The van der Waals surface area contributed by atoms with Gasteiger partial charge < -0.3 is 15.1 Å². The van der Waals surface area contributed by atoms with Crippen molar-refractivity contribution >= 4 is 29.9 Å². The topological polar surface area (TPSA) is 34.1 Å². The van der Waals surface area contributed by atoms with Crippen molar-refractivity contribution in [2.75, 3.05) is 59.9 Å². The van der Waals surface area contributed by atoms with Gasteiger partial charge in [0.1, 0.15) is 0 Å². The number of rotatable bonds is 10. The Kier molecular flexibility index (Phi) is 14.6. The Hall–Kier alpha value is -0.340. The summed E-state index contributed by atoms with van der Waals surface area (Å²) >= 11 is 0. The van der Waals surface area contributed by atoms with Gasteiger partial charge in [-0.2, -0.15) is 0 Å². The molecular weight excluding hydrogens is 425 g/mol. The second-order valence-corrected chi connectivity index (χ2v) is 6.94. The number of hydrogen-bond donors (Lipinski definition) is 1. The van der Waals surface area contributed by atoms with Gasteiger partial charge in [-0.05, 0) is 40.2 Å². The number of piperazine rings is 1. The minimum Gasteiger partial charge on any atom is -0.357 e. The molecule has 0 radical (unpaired) electrons. The van der Waals surface area contributed by atoms with Gasteiger partial charge in [-0.3, -0.25) is 9.89 Å². The van der Waals surface area contributed by atoms with Crippen LogP contribution in [0.15, 0.2) is 17.6 Å². The third-order valence-corrected chi connectivity index (χ3v) is 4.76. The van der Waals surface area contributed by atoms with Crippen LogP contribution in [-0.2, 0) is 0 Å². The molecule has 0 aromatic carbocycles. The van der Waals surface area contributed by atoms with Crippen LogP contribution >= 0.6 is 24.0 Å². The van der Waals surface area contributed by atoms with Crippen LogP contribution in [0.25, 0.3) is 0 Å². The number of allylic oxidation sites excluding steroid dienone is 1. The zero-order valence-corrected chi connectivity index (χ0v) is 19.2. The Morgan fingerprint density at radius 1 is 1.24 bits per heavy atom. The van der Waals surface area contributed by atoms with E-state index in [1.807, 2.05) is 6.08 Å². The first-order valence-corrected chi connectivity index (χ1v) is 9.61. The van der Waals surface area contributed by atoms with E-state index in [0.717, 1.165) is 45.1 Å². The summed E-state index contributed by atoms with van der Waals surface area (Å²) in [6.45, 7) is 15.7. The molecule has 5 nitrogen and oxygen atoms in total. The van der Waals surface area contributed by atoms with E-state index in [2.05, 4.69) is 54.5 Å². The van der Waals surface area contributed by atoms with Crippen LogP contribution in [0.3, 0.4) is 0 Å². The van der Waals surface area contributed by atoms with Gasteiger partial charge in [0.2, 0.25) is 0 Å². The number of aliphatic imine (C=N–C) groups is 1. The second-order valence-electron chi connectivity index (χ2n) is 6.94. The molecule has 1 unspecified atom stereocenters. The summed E-state index contributed by atoms with van der Waals surface area (Å²) in [6, 6.07) is 0.508. The zero-order valence-electron chi connectivity index (χ0n) is 16.8. The first-order chi connectivity index (χ1) is 11.6. The molecule has 1 fully saturated rings. The highest BCUT2D eigenvalue weighted by Gasteiger charge is 2.19. The van der Waals surface area contributed by atoms with Gasteiger partial charge in [0.15, 0.2) is 5.96 Å². The Morgan fingerprint density at radius 2 is 1.92 bits per heavy atom. The lowest BCUT2D eigenvalue weighted by atomic mass is 10.2. The monoisotopic (exact) mass is 465 g/mol.